The summed E-state index contributed by atoms with van der Waals surface area (Å²) in [6.07, 6.45) is 6.87. The van der Waals surface area contributed by atoms with Gasteiger partial charge in [-0.1, -0.05) is 114 Å². The molecule has 11 nitrogen and oxygen atoms in total. The van der Waals surface area contributed by atoms with Crippen LogP contribution in [0.3, 0.4) is 0 Å². The molecule has 0 saturated heterocycles. The van der Waals surface area contributed by atoms with Gasteiger partial charge in [-0.25, -0.2) is 10.2 Å². The normalized spacial score (nSPS) is 15.8. The van der Waals surface area contributed by atoms with Crippen molar-refractivity contribution in [2.45, 2.75) is 160 Å². The Kier molecular flexibility index (Phi) is 21.2. The van der Waals surface area contributed by atoms with Crippen molar-refractivity contribution in [3.8, 4) is 0 Å². The summed E-state index contributed by atoms with van der Waals surface area (Å²) in [5.74, 6) is 4.70. The zero-order valence-electron chi connectivity index (χ0n) is 39.5. The standard InChI is InChI=1S/C47H81FN4O7S/c1-15-16-21-33(2)43(7,8)32-46(13,40(55)59-29-28-57-39(54)34(3)60)44(9,10)45(11,12)47(14,42(4,5)6)41(56)58-27-20-26-52(50)31-36(49)23-19-25-38(53)51-30-35-22-17-18-24-37(35)48/h17-18,22,24,31,33-34,60H,15-16,19-21,23,25-30,32,49-50H2,1-14H3,(H,51,53)/b36-31-. The Morgan fingerprint density at radius 2 is 1.42 bits per heavy atom. The molecule has 1 amide bonds. The second-order valence-electron chi connectivity index (χ2n) is 19.8. The van der Waals surface area contributed by atoms with Crippen LogP contribution in [-0.2, 0) is 39.9 Å². The molecule has 0 aromatic heterocycles. The van der Waals surface area contributed by atoms with Gasteiger partial charge in [-0.3, -0.25) is 19.2 Å². The highest BCUT2D eigenvalue weighted by atomic mass is 32.1. The van der Waals surface area contributed by atoms with Gasteiger partial charge in [-0.2, -0.15) is 12.6 Å². The van der Waals surface area contributed by atoms with Crippen molar-refractivity contribution in [1.29, 1.82) is 0 Å². The first-order chi connectivity index (χ1) is 27.5. The van der Waals surface area contributed by atoms with Gasteiger partial charge in [0, 0.05) is 43.4 Å². The summed E-state index contributed by atoms with van der Waals surface area (Å²) in [7, 11) is 0. The summed E-state index contributed by atoms with van der Waals surface area (Å²) >= 11 is 4.13. The average molecular weight is 865 g/mol. The number of allylic oxidation sites excluding steroid dienone is 1. The Morgan fingerprint density at radius 1 is 0.833 bits per heavy atom. The Bertz CT molecular complexity index is 1590. The molecule has 344 valence electrons. The molecule has 0 aliphatic carbocycles. The Morgan fingerprint density at radius 3 is 1.98 bits per heavy atom. The Balaban J connectivity index is 3.17. The van der Waals surface area contributed by atoms with E-state index in [1.54, 1.807) is 31.3 Å². The number of carbonyl (C=O) groups excluding carboxylic acids is 4. The predicted octanol–water partition coefficient (Wildman–Crippen LogP) is 9.28. The number of hydrogen-bond donors (Lipinski definition) is 4. The molecule has 1 aromatic carbocycles. The fourth-order valence-corrected chi connectivity index (χ4v) is 8.25. The van der Waals surface area contributed by atoms with E-state index in [0.29, 0.717) is 49.4 Å². The molecule has 0 aliphatic rings. The third-order valence-corrected chi connectivity index (χ3v) is 14.2. The minimum Gasteiger partial charge on any atom is -0.465 e. The maximum absolute atomic E-state index is 14.6. The van der Waals surface area contributed by atoms with Crippen molar-refractivity contribution in [3.63, 3.8) is 0 Å². The molecular formula is C47H81FN4O7S. The first-order valence-electron chi connectivity index (χ1n) is 21.7. The zero-order valence-corrected chi connectivity index (χ0v) is 40.4. The fraction of sp³-hybridized carbons (Fsp3) is 0.745. The third-order valence-electron chi connectivity index (χ3n) is 14.0. The Labute approximate surface area is 367 Å². The molecule has 0 bridgehead atoms. The topological polar surface area (TPSA) is 163 Å². The molecular weight excluding hydrogens is 784 g/mol. The number of halogens is 1. The molecule has 1 aromatic rings. The summed E-state index contributed by atoms with van der Waals surface area (Å²) in [6, 6.07) is 6.31. The number of carbonyl (C=O) groups is 4. The number of ether oxygens (including phenoxy) is 3. The highest BCUT2D eigenvalue weighted by Crippen LogP contribution is 2.66. The van der Waals surface area contributed by atoms with E-state index < -0.39 is 44.3 Å². The molecule has 60 heavy (non-hydrogen) atoms. The molecule has 0 fully saturated rings. The number of esters is 3. The van der Waals surface area contributed by atoms with Gasteiger partial charge in [0.1, 0.15) is 19.0 Å². The van der Waals surface area contributed by atoms with Crippen LogP contribution < -0.4 is 16.9 Å². The van der Waals surface area contributed by atoms with Crippen molar-refractivity contribution in [2.24, 2.45) is 50.0 Å². The smallest absolute Gasteiger partial charge is 0.318 e. The van der Waals surface area contributed by atoms with Crippen LogP contribution >= 0.6 is 12.6 Å². The zero-order chi connectivity index (χ0) is 46.3. The van der Waals surface area contributed by atoms with Crippen molar-refractivity contribution in [3.05, 3.63) is 47.5 Å². The van der Waals surface area contributed by atoms with Crippen molar-refractivity contribution < 1.29 is 37.8 Å². The number of hydrazine groups is 1. The van der Waals surface area contributed by atoms with E-state index in [9.17, 15) is 23.6 Å². The van der Waals surface area contributed by atoms with E-state index in [1.807, 2.05) is 34.6 Å². The summed E-state index contributed by atoms with van der Waals surface area (Å²) in [5, 5.41) is 3.57. The van der Waals surface area contributed by atoms with Gasteiger partial charge in [-0.05, 0) is 73.7 Å². The van der Waals surface area contributed by atoms with E-state index in [-0.39, 0.29) is 55.9 Å². The van der Waals surface area contributed by atoms with E-state index in [4.69, 9.17) is 25.8 Å². The number of nitrogens with zero attached hydrogens (tertiary/aromatic N) is 1. The van der Waals surface area contributed by atoms with Crippen LogP contribution in [0.5, 0.6) is 0 Å². The van der Waals surface area contributed by atoms with Crippen LogP contribution in [0.15, 0.2) is 36.2 Å². The molecule has 13 heteroatoms. The van der Waals surface area contributed by atoms with E-state index in [0.717, 1.165) is 19.3 Å². The number of rotatable bonds is 26. The molecule has 0 spiro atoms. The SMILES string of the molecule is CCCCC(C)C(C)(C)CC(C)(C(=O)OCCOC(=O)C(C)S)C(C)(C)C(C)(C)C(C)(C(=O)OCCCN(N)/C=C(\N)CCCC(=O)NCc1ccccc1F)C(C)(C)C. The van der Waals surface area contributed by atoms with Crippen molar-refractivity contribution in [1.82, 2.24) is 10.3 Å². The lowest BCUT2D eigenvalue weighted by molar-refractivity contribution is -0.209. The van der Waals surface area contributed by atoms with E-state index in [2.05, 4.69) is 73.3 Å². The lowest BCUT2D eigenvalue weighted by atomic mass is 9.40. The van der Waals surface area contributed by atoms with Crippen molar-refractivity contribution in [2.75, 3.05) is 26.4 Å². The summed E-state index contributed by atoms with van der Waals surface area (Å²) in [4.78, 5) is 53.5. The van der Waals surface area contributed by atoms with Gasteiger partial charge in [0.2, 0.25) is 5.91 Å². The first kappa shape index (κ1) is 54.7. The number of nitrogens with two attached hydrogens (primary N) is 2. The Hall–Kier alpha value is -3.32. The summed E-state index contributed by atoms with van der Waals surface area (Å²) < 4.78 is 31.2. The highest BCUT2D eigenvalue weighted by Gasteiger charge is 2.67. The monoisotopic (exact) mass is 865 g/mol. The van der Waals surface area contributed by atoms with Crippen molar-refractivity contribution >= 4 is 36.4 Å². The van der Waals surface area contributed by atoms with Gasteiger partial charge >= 0.3 is 17.9 Å². The molecule has 4 atom stereocenters. The maximum atomic E-state index is 14.6. The van der Waals surface area contributed by atoms with Gasteiger partial charge in [0.15, 0.2) is 0 Å². The maximum Gasteiger partial charge on any atom is 0.318 e. The molecule has 0 heterocycles. The quantitative estimate of drug-likeness (QED) is 0.0176. The second-order valence-corrected chi connectivity index (χ2v) is 20.6. The first-order valence-corrected chi connectivity index (χ1v) is 22.2. The van der Waals surface area contributed by atoms with Gasteiger partial charge < -0.3 is 30.3 Å². The molecule has 5 N–H and O–H groups in total. The van der Waals surface area contributed by atoms with Gasteiger partial charge in [-0.15, -0.1) is 0 Å². The molecule has 0 radical (unpaired) electrons. The van der Waals surface area contributed by atoms with Crippen LogP contribution in [-0.4, -0.2) is 60.4 Å². The van der Waals surface area contributed by atoms with Crippen LogP contribution in [0.25, 0.3) is 0 Å². The number of amides is 1. The van der Waals surface area contributed by atoms with E-state index >= 15 is 0 Å². The summed E-state index contributed by atoms with van der Waals surface area (Å²) in [6.45, 7) is 29.0. The lowest BCUT2D eigenvalue weighted by Crippen LogP contribution is -2.63. The minimum atomic E-state index is -1.10. The second kappa shape index (κ2) is 23.2. The summed E-state index contributed by atoms with van der Waals surface area (Å²) in [5.41, 5.74) is 2.34. The predicted molar refractivity (Wildman–Crippen MR) is 242 cm³/mol. The number of thiol groups is 1. The lowest BCUT2D eigenvalue weighted by Gasteiger charge is -2.62. The minimum absolute atomic E-state index is 0.0846. The van der Waals surface area contributed by atoms with Gasteiger partial charge in [0.05, 0.1) is 22.7 Å². The third kappa shape index (κ3) is 14.4. The highest BCUT2D eigenvalue weighted by molar-refractivity contribution is 7.81. The number of benzene rings is 1. The van der Waals surface area contributed by atoms with Gasteiger partial charge in [0.25, 0.3) is 0 Å². The molecule has 4 unspecified atom stereocenters. The number of unbranched alkanes of at least 4 members (excludes halogenated alkanes) is 1. The van der Waals surface area contributed by atoms with Crippen LogP contribution in [0.4, 0.5) is 4.39 Å². The number of hydrogen-bond acceptors (Lipinski definition) is 11. The largest absolute Gasteiger partial charge is 0.465 e. The molecule has 1 rings (SSSR count). The molecule has 0 aliphatic heterocycles. The van der Waals surface area contributed by atoms with E-state index in [1.165, 1.54) is 11.1 Å². The van der Waals surface area contributed by atoms with Crippen LogP contribution in [0.2, 0.25) is 0 Å². The average Bonchev–Trinajstić information content (AvgIpc) is 3.15. The number of nitrogens with one attached hydrogen (secondary N) is 1. The van der Waals surface area contributed by atoms with Crippen LogP contribution in [0.1, 0.15) is 154 Å². The van der Waals surface area contributed by atoms with Crippen LogP contribution in [0, 0.1) is 44.2 Å². The molecule has 0 saturated carbocycles. The fourth-order valence-electron chi connectivity index (χ4n) is 8.18.